The Morgan fingerprint density at radius 2 is 2.24 bits per heavy atom. The van der Waals surface area contributed by atoms with E-state index >= 15 is 0 Å². The summed E-state index contributed by atoms with van der Waals surface area (Å²) in [6, 6.07) is 0. The van der Waals surface area contributed by atoms with Gasteiger partial charge in [-0.05, 0) is 6.92 Å². The molecule has 0 aliphatic heterocycles. The third-order valence-corrected chi connectivity index (χ3v) is 4.50. The second-order valence-electron chi connectivity index (χ2n) is 4.89. The van der Waals surface area contributed by atoms with Crippen LogP contribution in [-0.4, -0.2) is 29.3 Å². The van der Waals surface area contributed by atoms with E-state index in [4.69, 9.17) is 0 Å². The summed E-state index contributed by atoms with van der Waals surface area (Å²) in [7, 11) is 1.87. The van der Waals surface area contributed by atoms with Gasteiger partial charge in [0.15, 0.2) is 5.65 Å². The fourth-order valence-electron chi connectivity index (χ4n) is 2.54. The Morgan fingerprint density at radius 3 is 3.00 bits per heavy atom. The lowest BCUT2D eigenvalue weighted by atomic mass is 10.3. The summed E-state index contributed by atoms with van der Waals surface area (Å²) in [6.07, 6.45) is 5.02. The van der Waals surface area contributed by atoms with E-state index in [2.05, 4.69) is 20.1 Å². The predicted octanol–water partition coefficient (Wildman–Crippen LogP) is 1.42. The predicted molar refractivity (Wildman–Crippen MR) is 80.6 cm³/mol. The molecule has 0 amide bonds. The second kappa shape index (κ2) is 4.26. The van der Waals surface area contributed by atoms with Crippen molar-refractivity contribution in [1.29, 1.82) is 0 Å². The molecule has 0 fully saturated rings. The van der Waals surface area contributed by atoms with E-state index in [-0.39, 0.29) is 5.56 Å². The van der Waals surface area contributed by atoms with Crippen LogP contribution in [0.25, 0.3) is 21.3 Å². The zero-order chi connectivity index (χ0) is 14.6. The molecule has 0 saturated heterocycles. The minimum Gasteiger partial charge on any atom is -0.347 e. The fourth-order valence-corrected chi connectivity index (χ4v) is 3.50. The van der Waals surface area contributed by atoms with Gasteiger partial charge in [-0.2, -0.15) is 5.10 Å². The molecule has 0 saturated carbocycles. The maximum atomic E-state index is 12.7. The molecule has 106 valence electrons. The van der Waals surface area contributed by atoms with Crippen LogP contribution >= 0.6 is 11.3 Å². The van der Waals surface area contributed by atoms with Gasteiger partial charge >= 0.3 is 0 Å². The van der Waals surface area contributed by atoms with Crippen molar-refractivity contribution < 1.29 is 0 Å². The molecule has 21 heavy (non-hydrogen) atoms. The third-order valence-electron chi connectivity index (χ3n) is 3.51. The van der Waals surface area contributed by atoms with Crippen LogP contribution in [0.5, 0.6) is 0 Å². The van der Waals surface area contributed by atoms with E-state index in [0.29, 0.717) is 12.1 Å². The molecule has 7 nitrogen and oxygen atoms in total. The van der Waals surface area contributed by atoms with Crippen LogP contribution in [0.1, 0.15) is 10.7 Å². The molecule has 0 spiro atoms. The average molecular weight is 300 g/mol. The molecule has 0 aromatic carbocycles. The topological polar surface area (TPSA) is 81.4 Å². The zero-order valence-corrected chi connectivity index (χ0v) is 12.3. The summed E-state index contributed by atoms with van der Waals surface area (Å²) < 4.78 is 4.30. The van der Waals surface area contributed by atoms with Crippen molar-refractivity contribution in [2.45, 2.75) is 13.5 Å². The van der Waals surface area contributed by atoms with E-state index in [1.165, 1.54) is 4.68 Å². The molecule has 4 aromatic rings. The van der Waals surface area contributed by atoms with Crippen molar-refractivity contribution in [2.75, 3.05) is 0 Å². The number of thiazole rings is 1. The molecule has 4 rings (SSSR count). The first-order chi connectivity index (χ1) is 10.1. The molecule has 0 aliphatic rings. The molecule has 0 aliphatic carbocycles. The Morgan fingerprint density at radius 1 is 1.38 bits per heavy atom. The third kappa shape index (κ3) is 1.72. The summed E-state index contributed by atoms with van der Waals surface area (Å²) >= 11 is 1.59. The lowest BCUT2D eigenvalue weighted by molar-refractivity contribution is 0.635. The zero-order valence-electron chi connectivity index (χ0n) is 11.5. The Labute approximate surface area is 122 Å². The van der Waals surface area contributed by atoms with Gasteiger partial charge in [0.25, 0.3) is 5.56 Å². The van der Waals surface area contributed by atoms with Gasteiger partial charge in [0.1, 0.15) is 5.52 Å². The summed E-state index contributed by atoms with van der Waals surface area (Å²) in [5.74, 6) is 0. The van der Waals surface area contributed by atoms with Crippen molar-refractivity contribution in [3.8, 4) is 0 Å². The molecule has 4 heterocycles. The van der Waals surface area contributed by atoms with E-state index in [0.717, 1.165) is 26.4 Å². The van der Waals surface area contributed by atoms with Gasteiger partial charge in [0.2, 0.25) is 0 Å². The number of hydrogen-bond donors (Lipinski definition) is 1. The van der Waals surface area contributed by atoms with Crippen LogP contribution in [0.15, 0.2) is 23.5 Å². The van der Waals surface area contributed by atoms with Gasteiger partial charge in [0, 0.05) is 18.6 Å². The van der Waals surface area contributed by atoms with Crippen LogP contribution < -0.4 is 5.56 Å². The highest BCUT2D eigenvalue weighted by molar-refractivity contribution is 7.19. The maximum Gasteiger partial charge on any atom is 0.291 e. The van der Waals surface area contributed by atoms with Gasteiger partial charge in [-0.25, -0.2) is 14.6 Å². The quantitative estimate of drug-likeness (QED) is 0.607. The van der Waals surface area contributed by atoms with Crippen LogP contribution in [-0.2, 0) is 13.6 Å². The van der Waals surface area contributed by atoms with Crippen LogP contribution in [0.2, 0.25) is 0 Å². The molecular weight excluding hydrogens is 288 g/mol. The second-order valence-corrected chi connectivity index (χ2v) is 6.09. The smallest absolute Gasteiger partial charge is 0.291 e. The van der Waals surface area contributed by atoms with E-state index in [1.54, 1.807) is 30.1 Å². The fraction of sp³-hybridized carbons (Fsp3) is 0.231. The first-order valence-electron chi connectivity index (χ1n) is 6.44. The molecule has 0 unspecified atom stereocenters. The monoisotopic (exact) mass is 300 g/mol. The first-order valence-corrected chi connectivity index (χ1v) is 7.25. The summed E-state index contributed by atoms with van der Waals surface area (Å²) in [5, 5.41) is 6.13. The van der Waals surface area contributed by atoms with Crippen LogP contribution in [0, 0.1) is 6.92 Å². The van der Waals surface area contributed by atoms with E-state index < -0.39 is 0 Å². The summed E-state index contributed by atoms with van der Waals surface area (Å²) in [4.78, 5) is 24.1. The number of nitrogens with zero attached hydrogens (tertiary/aromatic N) is 5. The number of nitrogens with one attached hydrogen (secondary N) is 1. The Hall–Kier alpha value is -2.48. The number of imidazole rings is 1. The lowest BCUT2D eigenvalue weighted by Crippen LogP contribution is -2.24. The van der Waals surface area contributed by atoms with Gasteiger partial charge in [-0.3, -0.25) is 4.79 Å². The standard InChI is InChI=1S/C13H12N6OS/c1-7-17-12-11(21-7)9-4-16-19(5-8-3-14-6-15-8)13(20)10(9)18(12)2/h3-4,6H,5H2,1-2H3,(H,14,15). The number of aromatic nitrogens is 6. The van der Waals surface area contributed by atoms with Crippen molar-refractivity contribution in [3.05, 3.63) is 39.8 Å². The number of fused-ring (bicyclic) bond motifs is 3. The van der Waals surface area contributed by atoms with Gasteiger partial charge in [-0.1, -0.05) is 0 Å². The SMILES string of the molecule is Cc1nc2c(s1)c1cnn(Cc3cnc[nH]3)c(=O)c1n2C. The number of H-pyrrole nitrogens is 1. The van der Waals surface area contributed by atoms with Gasteiger partial charge in [0.05, 0.1) is 34.5 Å². The molecule has 0 radical (unpaired) electrons. The molecule has 8 heteroatoms. The molecule has 0 bridgehead atoms. The molecule has 0 atom stereocenters. The van der Waals surface area contributed by atoms with Crippen molar-refractivity contribution >= 4 is 32.6 Å². The maximum absolute atomic E-state index is 12.7. The molecular formula is C13H12N6OS. The Bertz CT molecular complexity index is 1010. The number of aromatic amines is 1. The highest BCUT2D eigenvalue weighted by Gasteiger charge is 2.17. The van der Waals surface area contributed by atoms with Crippen LogP contribution in [0.4, 0.5) is 0 Å². The van der Waals surface area contributed by atoms with Crippen molar-refractivity contribution in [3.63, 3.8) is 0 Å². The highest BCUT2D eigenvalue weighted by atomic mass is 32.1. The summed E-state index contributed by atoms with van der Waals surface area (Å²) in [5.41, 5.74) is 2.20. The first kappa shape index (κ1) is 12.3. The number of rotatable bonds is 2. The van der Waals surface area contributed by atoms with Gasteiger partial charge in [-0.15, -0.1) is 11.3 Å². The van der Waals surface area contributed by atoms with Crippen molar-refractivity contribution in [2.24, 2.45) is 7.05 Å². The van der Waals surface area contributed by atoms with Crippen LogP contribution in [0.3, 0.4) is 0 Å². The number of aryl methyl sites for hydroxylation is 2. The summed E-state index contributed by atoms with van der Waals surface area (Å²) in [6.45, 7) is 2.34. The highest BCUT2D eigenvalue weighted by Crippen LogP contribution is 2.30. The largest absolute Gasteiger partial charge is 0.347 e. The minimum atomic E-state index is -0.118. The van der Waals surface area contributed by atoms with Gasteiger partial charge < -0.3 is 9.55 Å². The average Bonchev–Trinajstić information content (AvgIpc) is 3.13. The minimum absolute atomic E-state index is 0.118. The lowest BCUT2D eigenvalue weighted by Gasteiger charge is -2.03. The van der Waals surface area contributed by atoms with E-state index in [9.17, 15) is 4.79 Å². The van der Waals surface area contributed by atoms with Crippen molar-refractivity contribution in [1.82, 2.24) is 29.3 Å². The molecule has 4 aromatic heterocycles. The number of hydrogen-bond acceptors (Lipinski definition) is 5. The Balaban J connectivity index is 1.98. The molecule has 1 N–H and O–H groups in total. The Kier molecular flexibility index (Phi) is 2.49. The normalized spacial score (nSPS) is 11.7. The van der Waals surface area contributed by atoms with E-state index in [1.807, 2.05) is 18.5 Å².